The molecule has 0 aliphatic rings. The summed E-state index contributed by atoms with van der Waals surface area (Å²) >= 11 is 8.15. The maximum absolute atomic E-state index is 6.38. The number of para-hydroxylation sites is 1. The molecule has 0 N–H and O–H groups in total. The van der Waals surface area contributed by atoms with Crippen molar-refractivity contribution in [2.45, 2.75) is 38.5 Å². The number of thiazole rings is 1. The maximum Gasteiger partial charge on any atom is 0.0953 e. The molecule has 0 aliphatic heterocycles. The zero-order chi connectivity index (χ0) is 12.3. The Hall–Kier alpha value is -0.600. The Kier molecular flexibility index (Phi) is 4.41. The van der Waals surface area contributed by atoms with E-state index in [9.17, 15) is 0 Å². The van der Waals surface area contributed by atoms with E-state index in [1.165, 1.54) is 11.1 Å². The first-order valence-electron chi connectivity index (χ1n) is 6.17. The molecule has 0 bridgehead atoms. The van der Waals surface area contributed by atoms with Gasteiger partial charge in [0.25, 0.3) is 0 Å². The molecule has 0 saturated carbocycles. The SMILES string of the molecule is CCC(C)CC(Cl)Cc1nc2ccccc2s1. The number of fused-ring (bicyclic) bond motifs is 1. The van der Waals surface area contributed by atoms with Gasteiger partial charge < -0.3 is 0 Å². The van der Waals surface area contributed by atoms with E-state index in [0.29, 0.717) is 5.92 Å². The predicted molar refractivity (Wildman–Crippen MR) is 77.0 cm³/mol. The van der Waals surface area contributed by atoms with Crippen LogP contribution in [-0.4, -0.2) is 10.4 Å². The molecule has 0 fully saturated rings. The fraction of sp³-hybridized carbons (Fsp3) is 0.500. The first kappa shape index (κ1) is 12.8. The minimum atomic E-state index is 0.213. The highest BCUT2D eigenvalue weighted by Gasteiger charge is 2.12. The minimum Gasteiger partial charge on any atom is -0.241 e. The van der Waals surface area contributed by atoms with E-state index in [1.54, 1.807) is 11.3 Å². The number of alkyl halides is 1. The average molecular weight is 268 g/mol. The van der Waals surface area contributed by atoms with E-state index >= 15 is 0 Å². The van der Waals surface area contributed by atoms with E-state index in [0.717, 1.165) is 23.4 Å². The van der Waals surface area contributed by atoms with Gasteiger partial charge in [-0.05, 0) is 24.5 Å². The van der Waals surface area contributed by atoms with Crippen LogP contribution >= 0.6 is 22.9 Å². The molecule has 1 heterocycles. The van der Waals surface area contributed by atoms with Gasteiger partial charge in [-0.1, -0.05) is 32.4 Å². The van der Waals surface area contributed by atoms with Crippen LogP contribution in [0.2, 0.25) is 0 Å². The van der Waals surface area contributed by atoms with Crippen molar-refractivity contribution < 1.29 is 0 Å². The molecule has 0 amide bonds. The fourth-order valence-corrected chi connectivity index (χ4v) is 3.47. The highest BCUT2D eigenvalue weighted by Crippen LogP contribution is 2.25. The second-order valence-electron chi connectivity index (χ2n) is 4.63. The highest BCUT2D eigenvalue weighted by molar-refractivity contribution is 7.18. The van der Waals surface area contributed by atoms with E-state index in [-0.39, 0.29) is 5.38 Å². The standard InChI is InChI=1S/C14H18ClNS/c1-3-10(2)8-11(15)9-14-16-12-6-4-5-7-13(12)17-14/h4-7,10-11H,3,8-9H2,1-2H3. The highest BCUT2D eigenvalue weighted by atomic mass is 35.5. The maximum atomic E-state index is 6.38. The Balaban J connectivity index is 2.03. The summed E-state index contributed by atoms with van der Waals surface area (Å²) in [7, 11) is 0. The second kappa shape index (κ2) is 5.83. The fourth-order valence-electron chi connectivity index (χ4n) is 1.88. The van der Waals surface area contributed by atoms with E-state index in [2.05, 4.69) is 37.0 Å². The molecule has 3 heteroatoms. The summed E-state index contributed by atoms with van der Waals surface area (Å²) in [6.07, 6.45) is 3.17. The van der Waals surface area contributed by atoms with Gasteiger partial charge in [0.15, 0.2) is 0 Å². The third kappa shape index (κ3) is 3.43. The van der Waals surface area contributed by atoms with Crippen LogP contribution in [0.5, 0.6) is 0 Å². The van der Waals surface area contributed by atoms with Crippen LogP contribution in [0.4, 0.5) is 0 Å². The van der Waals surface area contributed by atoms with Crippen molar-refractivity contribution >= 4 is 33.2 Å². The lowest BCUT2D eigenvalue weighted by atomic mass is 10.0. The quantitative estimate of drug-likeness (QED) is 0.704. The van der Waals surface area contributed by atoms with Crippen LogP contribution in [0.25, 0.3) is 10.2 Å². The van der Waals surface area contributed by atoms with Crippen molar-refractivity contribution in [3.8, 4) is 0 Å². The van der Waals surface area contributed by atoms with Gasteiger partial charge in [-0.15, -0.1) is 22.9 Å². The van der Waals surface area contributed by atoms with Crippen LogP contribution in [-0.2, 0) is 6.42 Å². The van der Waals surface area contributed by atoms with Crippen LogP contribution in [0.15, 0.2) is 24.3 Å². The van der Waals surface area contributed by atoms with Crippen LogP contribution in [0.1, 0.15) is 31.7 Å². The minimum absolute atomic E-state index is 0.213. The molecule has 2 atom stereocenters. The first-order chi connectivity index (χ1) is 8.19. The zero-order valence-electron chi connectivity index (χ0n) is 10.3. The topological polar surface area (TPSA) is 12.9 Å². The molecule has 17 heavy (non-hydrogen) atoms. The number of benzene rings is 1. The first-order valence-corrected chi connectivity index (χ1v) is 7.42. The van der Waals surface area contributed by atoms with Crippen LogP contribution in [0, 0.1) is 5.92 Å². The van der Waals surface area contributed by atoms with Crippen molar-refractivity contribution in [1.29, 1.82) is 0 Å². The summed E-state index contributed by atoms with van der Waals surface area (Å²) in [5, 5.41) is 1.38. The lowest BCUT2D eigenvalue weighted by molar-refractivity contribution is 0.500. The van der Waals surface area contributed by atoms with Gasteiger partial charge in [0.1, 0.15) is 0 Å². The van der Waals surface area contributed by atoms with Crippen molar-refractivity contribution in [1.82, 2.24) is 4.98 Å². The number of hydrogen-bond donors (Lipinski definition) is 0. The average Bonchev–Trinajstić information content (AvgIpc) is 2.70. The number of aromatic nitrogens is 1. The van der Waals surface area contributed by atoms with E-state index < -0.39 is 0 Å². The van der Waals surface area contributed by atoms with Gasteiger partial charge in [-0.2, -0.15) is 0 Å². The Labute approximate surface area is 112 Å². The van der Waals surface area contributed by atoms with E-state index in [1.807, 2.05) is 6.07 Å². The lowest BCUT2D eigenvalue weighted by Crippen LogP contribution is -2.08. The van der Waals surface area contributed by atoms with Crippen LogP contribution in [0.3, 0.4) is 0 Å². The summed E-state index contributed by atoms with van der Waals surface area (Å²) in [5.41, 5.74) is 1.10. The van der Waals surface area contributed by atoms with Crippen molar-refractivity contribution in [2.75, 3.05) is 0 Å². The molecule has 2 rings (SSSR count). The number of hydrogen-bond acceptors (Lipinski definition) is 2. The Morgan fingerprint density at radius 1 is 1.35 bits per heavy atom. The third-order valence-electron chi connectivity index (χ3n) is 3.09. The van der Waals surface area contributed by atoms with Gasteiger partial charge >= 0.3 is 0 Å². The second-order valence-corrected chi connectivity index (χ2v) is 6.36. The van der Waals surface area contributed by atoms with Crippen molar-refractivity contribution in [2.24, 2.45) is 5.92 Å². The number of halogens is 1. The molecule has 2 unspecified atom stereocenters. The molecule has 1 aromatic carbocycles. The largest absolute Gasteiger partial charge is 0.241 e. The summed E-state index contributed by atoms with van der Waals surface area (Å²) < 4.78 is 1.26. The van der Waals surface area contributed by atoms with Crippen molar-refractivity contribution in [3.05, 3.63) is 29.3 Å². The monoisotopic (exact) mass is 267 g/mol. The molecule has 0 aliphatic carbocycles. The van der Waals surface area contributed by atoms with Gasteiger partial charge in [-0.25, -0.2) is 4.98 Å². The summed E-state index contributed by atoms with van der Waals surface area (Å²) in [4.78, 5) is 4.62. The Morgan fingerprint density at radius 3 is 2.82 bits per heavy atom. The molecule has 1 aromatic heterocycles. The van der Waals surface area contributed by atoms with Gasteiger partial charge in [0.05, 0.1) is 15.2 Å². The molecule has 2 aromatic rings. The number of nitrogens with zero attached hydrogens (tertiary/aromatic N) is 1. The van der Waals surface area contributed by atoms with Crippen molar-refractivity contribution in [3.63, 3.8) is 0 Å². The molecule has 92 valence electrons. The van der Waals surface area contributed by atoms with E-state index in [4.69, 9.17) is 11.6 Å². The smallest absolute Gasteiger partial charge is 0.0953 e. The summed E-state index contributed by atoms with van der Waals surface area (Å²) in [5.74, 6) is 0.701. The zero-order valence-corrected chi connectivity index (χ0v) is 11.9. The molecule has 0 saturated heterocycles. The summed E-state index contributed by atoms with van der Waals surface area (Å²) in [6, 6.07) is 8.27. The predicted octanol–water partition coefficient (Wildman–Crippen LogP) is 4.88. The van der Waals surface area contributed by atoms with Gasteiger partial charge in [0.2, 0.25) is 0 Å². The molecular weight excluding hydrogens is 250 g/mol. The lowest BCUT2D eigenvalue weighted by Gasteiger charge is -2.12. The normalized spacial score (nSPS) is 15.0. The Morgan fingerprint density at radius 2 is 2.12 bits per heavy atom. The van der Waals surface area contributed by atoms with Gasteiger partial charge in [0, 0.05) is 11.8 Å². The molecule has 0 radical (unpaired) electrons. The van der Waals surface area contributed by atoms with Gasteiger partial charge in [-0.3, -0.25) is 0 Å². The summed E-state index contributed by atoms with van der Waals surface area (Å²) in [6.45, 7) is 4.47. The van der Waals surface area contributed by atoms with Crippen LogP contribution < -0.4 is 0 Å². The molecule has 1 nitrogen and oxygen atoms in total. The number of rotatable bonds is 5. The molecule has 0 spiro atoms. The molecular formula is C14H18ClNS. The Bertz CT molecular complexity index is 447. The third-order valence-corrected chi connectivity index (χ3v) is 4.48.